The molecule has 0 saturated heterocycles. The first-order valence-corrected chi connectivity index (χ1v) is 10.1. The van der Waals surface area contributed by atoms with Crippen LogP contribution in [0.2, 0.25) is 0 Å². The van der Waals surface area contributed by atoms with Crippen molar-refractivity contribution in [3.63, 3.8) is 0 Å². The fourth-order valence-corrected chi connectivity index (χ4v) is 2.64. The number of hydrogen-bond acceptors (Lipinski definition) is 0. The van der Waals surface area contributed by atoms with Crippen molar-refractivity contribution in [3.8, 4) is 0 Å². The van der Waals surface area contributed by atoms with E-state index >= 15 is 0 Å². The average molecular weight is 349 g/mol. The molecule has 0 saturated carbocycles. The topological polar surface area (TPSA) is 0 Å². The molecule has 0 spiro atoms. The van der Waals surface area contributed by atoms with Gasteiger partial charge in [0.2, 0.25) is 0 Å². The summed E-state index contributed by atoms with van der Waals surface area (Å²) in [4.78, 5) is 0. The normalized spacial score (nSPS) is 12.7. The molecular formula is C16H36F4NP. The molecular weight excluding hydrogens is 313 g/mol. The van der Waals surface area contributed by atoms with Gasteiger partial charge in [0.05, 0.1) is 26.2 Å². The second-order valence-corrected chi connectivity index (χ2v) is 6.80. The van der Waals surface area contributed by atoms with Gasteiger partial charge in [-0.1, -0.05) is 53.4 Å². The van der Waals surface area contributed by atoms with Crippen LogP contribution in [0.1, 0.15) is 79.1 Å². The molecule has 0 atom stereocenters. The van der Waals surface area contributed by atoms with Crippen molar-refractivity contribution >= 4 is 8.51 Å². The van der Waals surface area contributed by atoms with E-state index in [1.807, 2.05) is 0 Å². The van der Waals surface area contributed by atoms with Crippen LogP contribution in [-0.2, 0) is 0 Å². The van der Waals surface area contributed by atoms with Crippen LogP contribution in [0.15, 0.2) is 0 Å². The summed E-state index contributed by atoms with van der Waals surface area (Å²) < 4.78 is 40.6. The first kappa shape index (κ1) is 24.4. The number of hydrogen-bond donors (Lipinski definition) is 0. The first-order valence-electron chi connectivity index (χ1n) is 8.77. The van der Waals surface area contributed by atoms with E-state index < -0.39 is 8.51 Å². The molecule has 0 aromatic rings. The SMILES string of the molecule is CCCC[N+](CCCC)(CCCC)CCCC.F[P-](F)(F)F. The predicted molar refractivity (Wildman–Crippen MR) is 90.7 cm³/mol. The van der Waals surface area contributed by atoms with Gasteiger partial charge in [0.1, 0.15) is 0 Å². The molecule has 138 valence electrons. The van der Waals surface area contributed by atoms with E-state index in [9.17, 15) is 16.8 Å². The Balaban J connectivity index is 0. The fraction of sp³-hybridized carbons (Fsp3) is 1.00. The van der Waals surface area contributed by atoms with Crippen molar-refractivity contribution in [1.29, 1.82) is 0 Å². The standard InChI is InChI=1S/C16H36N.F4P/c1-5-9-13-17(14-10-6-2,15-11-7-3)16-12-8-4;1-5(2,3)4/h5-16H2,1-4H3;/q+1;-1. The summed E-state index contributed by atoms with van der Waals surface area (Å²) in [5.41, 5.74) is 0. The molecule has 0 radical (unpaired) electrons. The second kappa shape index (κ2) is 14.7. The molecule has 6 heteroatoms. The van der Waals surface area contributed by atoms with Crippen molar-refractivity contribution in [2.45, 2.75) is 79.1 Å². The third kappa shape index (κ3) is 18.2. The Labute approximate surface area is 135 Å². The van der Waals surface area contributed by atoms with E-state index in [2.05, 4.69) is 27.7 Å². The fourth-order valence-electron chi connectivity index (χ4n) is 2.64. The number of unbranched alkanes of at least 4 members (excludes halogenated alkanes) is 4. The van der Waals surface area contributed by atoms with Crippen LogP contribution >= 0.6 is 8.51 Å². The van der Waals surface area contributed by atoms with Crippen LogP contribution in [0.4, 0.5) is 16.8 Å². The van der Waals surface area contributed by atoms with E-state index in [1.165, 1.54) is 82.0 Å². The minimum atomic E-state index is -6.39. The molecule has 0 unspecified atom stereocenters. The Morgan fingerprint density at radius 2 is 0.727 bits per heavy atom. The molecule has 0 aliphatic carbocycles. The van der Waals surface area contributed by atoms with Crippen LogP contribution < -0.4 is 0 Å². The third-order valence-corrected chi connectivity index (χ3v) is 3.94. The van der Waals surface area contributed by atoms with Crippen molar-refractivity contribution < 1.29 is 21.3 Å². The molecule has 0 aliphatic heterocycles. The monoisotopic (exact) mass is 349 g/mol. The van der Waals surface area contributed by atoms with Crippen molar-refractivity contribution in [2.75, 3.05) is 26.2 Å². The number of quaternary nitrogens is 1. The van der Waals surface area contributed by atoms with Crippen LogP contribution in [0, 0.1) is 0 Å². The summed E-state index contributed by atoms with van der Waals surface area (Å²) in [6, 6.07) is 0. The minimum absolute atomic E-state index is 1.35. The molecule has 0 fully saturated rings. The quantitative estimate of drug-likeness (QED) is 0.194. The Hall–Kier alpha value is 0.110. The maximum atomic E-state index is 9.80. The Kier molecular flexibility index (Phi) is 16.3. The summed E-state index contributed by atoms with van der Waals surface area (Å²) in [5, 5.41) is 0. The van der Waals surface area contributed by atoms with Gasteiger partial charge in [-0.2, -0.15) is 0 Å². The van der Waals surface area contributed by atoms with E-state index in [0.29, 0.717) is 0 Å². The van der Waals surface area contributed by atoms with Gasteiger partial charge in [0, 0.05) is 0 Å². The maximum absolute atomic E-state index is 9.80. The van der Waals surface area contributed by atoms with Gasteiger partial charge in [-0.15, -0.1) is 0 Å². The summed E-state index contributed by atoms with van der Waals surface area (Å²) >= 11 is 0. The van der Waals surface area contributed by atoms with Crippen LogP contribution in [0.5, 0.6) is 0 Å². The molecule has 0 aromatic heterocycles. The molecule has 0 heterocycles. The third-order valence-electron chi connectivity index (χ3n) is 3.94. The molecule has 0 aromatic carbocycles. The van der Waals surface area contributed by atoms with Gasteiger partial charge in [0.25, 0.3) is 0 Å². The van der Waals surface area contributed by atoms with E-state index in [1.54, 1.807) is 0 Å². The Bertz CT molecular complexity index is 191. The zero-order valence-electron chi connectivity index (χ0n) is 14.9. The van der Waals surface area contributed by atoms with Crippen molar-refractivity contribution in [3.05, 3.63) is 0 Å². The van der Waals surface area contributed by atoms with E-state index in [0.717, 1.165) is 0 Å². The molecule has 22 heavy (non-hydrogen) atoms. The zero-order chi connectivity index (χ0) is 17.5. The predicted octanol–water partition coefficient (Wildman–Crippen LogP) is 7.55. The van der Waals surface area contributed by atoms with E-state index in [-0.39, 0.29) is 0 Å². The number of rotatable bonds is 12. The summed E-state index contributed by atoms with van der Waals surface area (Å²) in [6.07, 6.45) is 11.1. The molecule has 0 N–H and O–H groups in total. The van der Waals surface area contributed by atoms with Crippen LogP contribution in [0.25, 0.3) is 0 Å². The Morgan fingerprint density at radius 1 is 0.545 bits per heavy atom. The average Bonchev–Trinajstić information content (AvgIpc) is 2.44. The molecule has 1 nitrogen and oxygen atoms in total. The zero-order valence-corrected chi connectivity index (χ0v) is 15.8. The first-order chi connectivity index (χ1) is 10.2. The summed E-state index contributed by atoms with van der Waals surface area (Å²) in [5.74, 6) is 0. The van der Waals surface area contributed by atoms with Gasteiger partial charge < -0.3 is 4.48 Å². The summed E-state index contributed by atoms with van der Waals surface area (Å²) in [6.45, 7) is 15.0. The van der Waals surface area contributed by atoms with Gasteiger partial charge in [-0.05, 0) is 25.7 Å². The van der Waals surface area contributed by atoms with Crippen molar-refractivity contribution in [2.24, 2.45) is 0 Å². The Morgan fingerprint density at radius 3 is 0.864 bits per heavy atom. The number of halogens is 4. The molecule has 0 aliphatic rings. The molecule has 0 bridgehead atoms. The number of nitrogens with zero attached hydrogens (tertiary/aromatic N) is 1. The van der Waals surface area contributed by atoms with Gasteiger partial charge >= 0.3 is 25.3 Å². The summed E-state index contributed by atoms with van der Waals surface area (Å²) in [7, 11) is -6.39. The van der Waals surface area contributed by atoms with Crippen LogP contribution in [0.3, 0.4) is 0 Å². The van der Waals surface area contributed by atoms with Gasteiger partial charge in [0.15, 0.2) is 0 Å². The van der Waals surface area contributed by atoms with Gasteiger partial charge in [-0.25, -0.2) is 0 Å². The van der Waals surface area contributed by atoms with Crippen LogP contribution in [-0.4, -0.2) is 30.7 Å². The van der Waals surface area contributed by atoms with Crippen molar-refractivity contribution in [1.82, 2.24) is 0 Å². The second-order valence-electron chi connectivity index (χ2n) is 6.03. The van der Waals surface area contributed by atoms with Gasteiger partial charge in [-0.3, -0.25) is 0 Å². The molecule has 0 amide bonds. The van der Waals surface area contributed by atoms with E-state index in [4.69, 9.17) is 0 Å². The molecule has 0 rings (SSSR count).